The molecule has 51 heavy (non-hydrogen) atoms. The average molecular weight is 707 g/mol. The molecule has 0 radical (unpaired) electrons. The monoisotopic (exact) mass is 706 g/mol. The van der Waals surface area contributed by atoms with Gasteiger partial charge in [-0.25, -0.2) is 24.3 Å². The van der Waals surface area contributed by atoms with Crippen LogP contribution in [0.1, 0.15) is 56.9 Å². The summed E-state index contributed by atoms with van der Waals surface area (Å²) in [5.74, 6) is 6.45. The predicted molar refractivity (Wildman–Crippen MR) is 190 cm³/mol. The first-order valence-electron chi connectivity index (χ1n) is 18.3. The molecule has 2 saturated carbocycles. The van der Waals surface area contributed by atoms with E-state index >= 15 is 0 Å². The molecule has 2 aromatic heterocycles. The molecule has 4 aliphatic rings. The molecule has 4 atom stereocenters. The molecule has 12 nitrogen and oxygen atoms in total. The van der Waals surface area contributed by atoms with E-state index in [0.717, 1.165) is 93.3 Å². The van der Waals surface area contributed by atoms with Crippen LogP contribution in [0.3, 0.4) is 0 Å². The zero-order valence-corrected chi connectivity index (χ0v) is 29.7. The van der Waals surface area contributed by atoms with Crippen LogP contribution < -0.4 is 24.0 Å². The number of anilines is 2. The van der Waals surface area contributed by atoms with E-state index in [0.29, 0.717) is 36.4 Å². The quantitative estimate of drug-likeness (QED) is 0.225. The number of aliphatic hydroxyl groups is 1. The molecule has 2 aliphatic carbocycles. The minimum absolute atomic E-state index is 0.175. The lowest BCUT2D eigenvalue weighted by Crippen LogP contribution is -2.35. The molecule has 276 valence electrons. The summed E-state index contributed by atoms with van der Waals surface area (Å²) in [7, 11) is 3.24. The Morgan fingerprint density at radius 2 is 1.27 bits per heavy atom. The molecule has 0 unspecified atom stereocenters. The van der Waals surface area contributed by atoms with Crippen molar-refractivity contribution in [1.29, 1.82) is 0 Å². The van der Waals surface area contributed by atoms with Gasteiger partial charge in [-0.2, -0.15) is 0 Å². The molecule has 3 aromatic rings. The number of aliphatic carboxylic acids is 1. The number of ether oxygens (including phenoxy) is 3. The van der Waals surface area contributed by atoms with Crippen molar-refractivity contribution in [2.75, 3.05) is 63.4 Å². The smallest absolute Gasteiger partial charge is 0.307 e. The number of hydrogen-bond donors (Lipinski definition) is 2. The first kappa shape index (κ1) is 36.5. The van der Waals surface area contributed by atoms with Crippen molar-refractivity contribution in [3.8, 4) is 17.2 Å². The van der Waals surface area contributed by atoms with Crippen LogP contribution in [0.5, 0.6) is 17.2 Å². The zero-order valence-electron chi connectivity index (χ0n) is 29.7. The summed E-state index contributed by atoms with van der Waals surface area (Å²) in [6, 6.07) is 4.40. The van der Waals surface area contributed by atoms with E-state index in [2.05, 4.69) is 29.7 Å². The third-order valence-electron chi connectivity index (χ3n) is 11.1. The molecule has 7 rings (SSSR count). The van der Waals surface area contributed by atoms with Gasteiger partial charge in [0.05, 0.1) is 52.0 Å². The van der Waals surface area contributed by atoms with Crippen LogP contribution in [0, 0.1) is 41.3 Å². The van der Waals surface area contributed by atoms with Crippen LogP contribution in [0.4, 0.5) is 16.3 Å². The van der Waals surface area contributed by atoms with Crippen molar-refractivity contribution in [3.05, 3.63) is 54.4 Å². The van der Waals surface area contributed by atoms with Crippen LogP contribution in [0.2, 0.25) is 0 Å². The SMILES string of the molecule is COc1cnc(N2CCC([C@H]3C[C@H]3CCO)CC2)nc1.COc1cnc(N2CCC([C@H]3C[C@H]3CCOc3ccc(CC(=O)O)c(F)c3)CC2)nc1. The highest BCUT2D eigenvalue weighted by Crippen LogP contribution is 2.50. The summed E-state index contributed by atoms with van der Waals surface area (Å²) in [5, 5.41) is 17.8. The standard InChI is InChI=1S/C23H28FN3O4.C15H23N3O2/c1-30-19-13-25-23(26-14-19)27-7-4-15(5-8-27)20-10-16(20)6-9-31-18-3-2-17(11-22(28)29)21(24)12-18;1-20-13-9-16-15(17-10-13)18-5-2-11(3-6-18)14-8-12(14)4-7-19/h2-3,12-16,20H,4-11H2,1H3,(H,28,29);9-12,14,19H,2-8H2,1H3/t16-,20-;12-,14-/m11/s1. The summed E-state index contributed by atoms with van der Waals surface area (Å²) in [4.78, 5) is 32.7. The lowest BCUT2D eigenvalue weighted by atomic mass is 9.90. The number of methoxy groups -OCH3 is 2. The van der Waals surface area contributed by atoms with E-state index in [4.69, 9.17) is 24.4 Å². The van der Waals surface area contributed by atoms with E-state index in [9.17, 15) is 9.18 Å². The molecule has 2 aliphatic heterocycles. The number of hydrogen-bond acceptors (Lipinski definition) is 11. The van der Waals surface area contributed by atoms with E-state index < -0.39 is 11.8 Å². The van der Waals surface area contributed by atoms with Gasteiger partial charge in [-0.15, -0.1) is 0 Å². The van der Waals surface area contributed by atoms with Crippen LogP contribution in [-0.2, 0) is 11.2 Å². The summed E-state index contributed by atoms with van der Waals surface area (Å²) in [5.41, 5.74) is 0.175. The van der Waals surface area contributed by atoms with Gasteiger partial charge in [-0.1, -0.05) is 6.07 Å². The van der Waals surface area contributed by atoms with Crippen LogP contribution in [0.25, 0.3) is 0 Å². The Kier molecular flexibility index (Phi) is 12.4. The van der Waals surface area contributed by atoms with Crippen molar-refractivity contribution in [1.82, 2.24) is 19.9 Å². The molecule has 1 aromatic carbocycles. The van der Waals surface area contributed by atoms with Crippen molar-refractivity contribution in [3.63, 3.8) is 0 Å². The number of carboxylic acid groups (broad SMARTS) is 1. The third-order valence-corrected chi connectivity index (χ3v) is 11.1. The number of rotatable bonds is 14. The summed E-state index contributed by atoms with van der Waals surface area (Å²) < 4.78 is 29.8. The molecule has 4 heterocycles. The highest BCUT2D eigenvalue weighted by molar-refractivity contribution is 5.70. The van der Waals surface area contributed by atoms with Crippen molar-refractivity contribution in [2.24, 2.45) is 35.5 Å². The molecular formula is C38H51FN6O6. The van der Waals surface area contributed by atoms with Crippen LogP contribution in [0.15, 0.2) is 43.0 Å². The number of carbonyl (C=O) groups is 1. The Morgan fingerprint density at radius 1 is 0.784 bits per heavy atom. The van der Waals surface area contributed by atoms with Gasteiger partial charge in [-0.3, -0.25) is 4.79 Å². The maximum atomic E-state index is 13.9. The van der Waals surface area contributed by atoms with Crippen LogP contribution in [-0.4, -0.2) is 89.7 Å². The van der Waals surface area contributed by atoms with Gasteiger partial charge in [0.25, 0.3) is 0 Å². The number of carboxylic acids is 1. The van der Waals surface area contributed by atoms with Gasteiger partial charge >= 0.3 is 5.97 Å². The average Bonchev–Trinajstić information content (AvgIpc) is 4.10. The largest absolute Gasteiger partial charge is 0.494 e. The van der Waals surface area contributed by atoms with E-state index in [1.165, 1.54) is 37.8 Å². The minimum Gasteiger partial charge on any atom is -0.494 e. The Labute approximate surface area is 299 Å². The first-order chi connectivity index (χ1) is 24.8. The zero-order chi connectivity index (χ0) is 35.7. The van der Waals surface area contributed by atoms with Gasteiger partial charge < -0.3 is 34.2 Å². The third kappa shape index (κ3) is 9.96. The lowest BCUT2D eigenvalue weighted by molar-refractivity contribution is -0.136. The number of benzene rings is 1. The van der Waals surface area contributed by atoms with Gasteiger partial charge in [0.2, 0.25) is 11.9 Å². The molecule has 0 amide bonds. The summed E-state index contributed by atoms with van der Waals surface area (Å²) in [6.45, 7) is 4.92. The Hall–Kier alpha value is -4.26. The highest BCUT2D eigenvalue weighted by atomic mass is 19.1. The van der Waals surface area contributed by atoms with E-state index in [1.807, 2.05) is 0 Å². The minimum atomic E-state index is -1.05. The second-order valence-electron chi connectivity index (χ2n) is 14.3. The van der Waals surface area contributed by atoms with Gasteiger partial charge in [0.1, 0.15) is 11.6 Å². The van der Waals surface area contributed by atoms with E-state index in [1.54, 1.807) is 45.1 Å². The number of halogens is 1. The second-order valence-corrected chi connectivity index (χ2v) is 14.3. The molecule has 0 bridgehead atoms. The normalized spacial score (nSPS) is 23.2. The maximum absolute atomic E-state index is 13.9. The second kappa shape index (κ2) is 17.3. The number of aromatic nitrogens is 4. The molecule has 2 saturated heterocycles. The van der Waals surface area contributed by atoms with Gasteiger partial charge in [0.15, 0.2) is 11.5 Å². The molecule has 4 fully saturated rings. The Bertz CT molecular complexity index is 1550. The topological polar surface area (TPSA) is 143 Å². The molecular weight excluding hydrogens is 655 g/mol. The first-order valence-corrected chi connectivity index (χ1v) is 18.3. The van der Waals surface area contributed by atoms with Crippen molar-refractivity contribution >= 4 is 17.9 Å². The highest BCUT2D eigenvalue weighted by Gasteiger charge is 2.44. The van der Waals surface area contributed by atoms with Crippen molar-refractivity contribution < 1.29 is 33.6 Å². The van der Waals surface area contributed by atoms with Gasteiger partial charge in [-0.05, 0) is 98.5 Å². The summed E-state index contributed by atoms with van der Waals surface area (Å²) in [6.07, 6.45) is 15.8. The fraction of sp³-hybridized carbons (Fsp3) is 0.605. The number of aliphatic hydroxyl groups excluding tert-OH is 1. The number of nitrogens with zero attached hydrogens (tertiary/aromatic N) is 6. The van der Waals surface area contributed by atoms with Crippen molar-refractivity contribution in [2.45, 2.75) is 57.8 Å². The number of piperidine rings is 2. The van der Waals surface area contributed by atoms with Gasteiger partial charge in [0, 0.05) is 38.9 Å². The fourth-order valence-electron chi connectivity index (χ4n) is 7.99. The predicted octanol–water partition coefficient (Wildman–Crippen LogP) is 5.29. The Morgan fingerprint density at radius 3 is 1.71 bits per heavy atom. The molecule has 0 spiro atoms. The van der Waals surface area contributed by atoms with Crippen LogP contribution >= 0.6 is 0 Å². The molecule has 13 heteroatoms. The lowest BCUT2D eigenvalue weighted by Gasteiger charge is -2.32. The van der Waals surface area contributed by atoms with E-state index in [-0.39, 0.29) is 12.0 Å². The summed E-state index contributed by atoms with van der Waals surface area (Å²) >= 11 is 0. The maximum Gasteiger partial charge on any atom is 0.307 e. The molecule has 2 N–H and O–H groups in total. The fourth-order valence-corrected chi connectivity index (χ4v) is 7.99. The Balaban J connectivity index is 0.000000193.